The zero-order chi connectivity index (χ0) is 19.9. The van der Waals surface area contributed by atoms with Gasteiger partial charge in [-0.15, -0.1) is 10.6 Å². The van der Waals surface area contributed by atoms with E-state index in [0.29, 0.717) is 11.4 Å². The standard InChI is InChI=1S/C15H13Cl2N7O3S/c1-24-14(18-22-23-24)6-8-5-9(16)10(17)7-12(8)21-28(25,26)13-4-2-3-11-15(13)20-27-19-11/h2-5,7,11,19,21H,6H2,1H3. The van der Waals surface area contributed by atoms with Crippen LogP contribution in [0.4, 0.5) is 5.69 Å². The van der Waals surface area contributed by atoms with E-state index >= 15 is 0 Å². The van der Waals surface area contributed by atoms with Crippen molar-refractivity contribution in [2.45, 2.75) is 12.5 Å². The third kappa shape index (κ3) is 3.49. The first-order valence-corrected chi connectivity index (χ1v) is 10.2. The zero-order valence-corrected chi connectivity index (χ0v) is 16.6. The lowest BCUT2D eigenvalue weighted by atomic mass is 10.1. The Bertz CT molecular complexity index is 1140. The van der Waals surface area contributed by atoms with E-state index in [-0.39, 0.29) is 32.8 Å². The van der Waals surface area contributed by atoms with Crippen LogP contribution in [0, 0.1) is 0 Å². The van der Waals surface area contributed by atoms with Gasteiger partial charge in [-0.05, 0) is 34.2 Å². The molecule has 4 rings (SSSR count). The van der Waals surface area contributed by atoms with Gasteiger partial charge < -0.3 is 0 Å². The molecule has 1 atom stereocenters. The average Bonchev–Trinajstić information content (AvgIpc) is 3.27. The van der Waals surface area contributed by atoms with Crippen LogP contribution in [0.1, 0.15) is 11.4 Å². The Morgan fingerprint density at radius 3 is 2.86 bits per heavy atom. The molecule has 0 spiro atoms. The number of tetrazole rings is 1. The molecule has 2 heterocycles. The number of nitrogens with zero attached hydrogens (tertiary/aromatic N) is 5. The van der Waals surface area contributed by atoms with E-state index in [4.69, 9.17) is 28.1 Å². The Morgan fingerprint density at radius 1 is 1.32 bits per heavy atom. The number of aryl methyl sites for hydroxylation is 1. The lowest BCUT2D eigenvalue weighted by Crippen LogP contribution is -2.33. The number of aromatic nitrogens is 4. The van der Waals surface area contributed by atoms with Gasteiger partial charge in [-0.25, -0.2) is 13.1 Å². The van der Waals surface area contributed by atoms with Gasteiger partial charge in [-0.3, -0.25) is 9.66 Å². The van der Waals surface area contributed by atoms with Crippen LogP contribution in [0.15, 0.2) is 40.4 Å². The van der Waals surface area contributed by atoms with Crippen molar-refractivity contribution in [1.29, 1.82) is 0 Å². The number of benzene rings is 1. The summed E-state index contributed by atoms with van der Waals surface area (Å²) >= 11 is 12.2. The summed E-state index contributed by atoms with van der Waals surface area (Å²) in [4.78, 5) is 4.79. The quantitative estimate of drug-likeness (QED) is 0.721. The Balaban J connectivity index is 1.71. The predicted molar refractivity (Wildman–Crippen MR) is 103 cm³/mol. The van der Waals surface area contributed by atoms with Crippen LogP contribution in [0.25, 0.3) is 0 Å². The van der Waals surface area contributed by atoms with E-state index in [0.717, 1.165) is 0 Å². The normalized spacial score (nSPS) is 18.3. The van der Waals surface area contributed by atoms with Crippen LogP contribution in [0.3, 0.4) is 0 Å². The van der Waals surface area contributed by atoms with Crippen LogP contribution in [-0.4, -0.2) is 40.4 Å². The number of allylic oxidation sites excluding steroid dienone is 2. The molecule has 0 amide bonds. The molecule has 1 unspecified atom stereocenters. The zero-order valence-electron chi connectivity index (χ0n) is 14.3. The fraction of sp³-hybridized carbons (Fsp3) is 0.200. The van der Waals surface area contributed by atoms with Crippen LogP contribution >= 0.6 is 23.2 Å². The molecule has 0 radical (unpaired) electrons. The Hall–Kier alpha value is -2.47. The molecule has 146 valence electrons. The first kappa shape index (κ1) is 18.9. The SMILES string of the molecule is Cn1nnnc1Cc1cc(Cl)c(Cl)cc1NS(=O)(=O)C1=CC=CC2NON=C12. The monoisotopic (exact) mass is 441 g/mol. The Morgan fingerprint density at radius 2 is 2.11 bits per heavy atom. The minimum atomic E-state index is -3.98. The molecule has 28 heavy (non-hydrogen) atoms. The third-order valence-electron chi connectivity index (χ3n) is 4.16. The Kier molecular flexibility index (Phi) is 4.83. The highest BCUT2D eigenvalue weighted by Gasteiger charge is 2.34. The van der Waals surface area contributed by atoms with Gasteiger partial charge in [-0.1, -0.05) is 40.5 Å². The summed E-state index contributed by atoms with van der Waals surface area (Å²) in [6.07, 6.45) is 5.03. The molecule has 1 aromatic heterocycles. The predicted octanol–water partition coefficient (Wildman–Crippen LogP) is 1.56. The minimum absolute atomic E-state index is 0.0117. The van der Waals surface area contributed by atoms with Crippen molar-refractivity contribution in [3.05, 3.63) is 56.7 Å². The topological polar surface area (TPSA) is 123 Å². The van der Waals surface area contributed by atoms with Crippen molar-refractivity contribution >= 4 is 44.6 Å². The molecule has 13 heteroatoms. The summed E-state index contributed by atoms with van der Waals surface area (Å²) in [7, 11) is -2.30. The highest BCUT2D eigenvalue weighted by molar-refractivity contribution is 7.97. The summed E-state index contributed by atoms with van der Waals surface area (Å²) in [6, 6.07) is 2.59. The maximum Gasteiger partial charge on any atom is 0.263 e. The van der Waals surface area contributed by atoms with E-state index in [1.54, 1.807) is 25.3 Å². The molecular formula is C15H13Cl2N7O3S. The van der Waals surface area contributed by atoms with Crippen molar-refractivity contribution < 1.29 is 13.4 Å². The summed E-state index contributed by atoms with van der Waals surface area (Å²) in [5.74, 6) is 0.525. The number of fused-ring (bicyclic) bond motifs is 1. The van der Waals surface area contributed by atoms with E-state index in [2.05, 4.69) is 30.9 Å². The number of hydrogen-bond acceptors (Lipinski definition) is 8. The van der Waals surface area contributed by atoms with Crippen molar-refractivity contribution in [3.63, 3.8) is 0 Å². The fourth-order valence-electron chi connectivity index (χ4n) is 2.74. The molecular weight excluding hydrogens is 429 g/mol. The molecule has 0 saturated carbocycles. The van der Waals surface area contributed by atoms with Gasteiger partial charge in [0.1, 0.15) is 16.7 Å². The number of hydroxylamine groups is 1. The van der Waals surface area contributed by atoms with E-state index in [1.807, 2.05) is 0 Å². The van der Waals surface area contributed by atoms with Crippen LogP contribution in [-0.2, 0) is 28.4 Å². The van der Waals surface area contributed by atoms with Gasteiger partial charge >= 0.3 is 0 Å². The van der Waals surface area contributed by atoms with E-state index in [9.17, 15) is 8.42 Å². The van der Waals surface area contributed by atoms with Crippen molar-refractivity contribution in [2.24, 2.45) is 12.2 Å². The number of rotatable bonds is 5. The largest absolute Gasteiger partial charge is 0.298 e. The van der Waals surface area contributed by atoms with Gasteiger partial charge in [0.25, 0.3) is 10.0 Å². The number of nitrogens with one attached hydrogen (secondary N) is 2. The smallest absolute Gasteiger partial charge is 0.263 e. The summed E-state index contributed by atoms with van der Waals surface area (Å²) in [6.45, 7) is 0. The molecule has 1 aliphatic heterocycles. The molecule has 1 aliphatic carbocycles. The van der Waals surface area contributed by atoms with Crippen molar-refractivity contribution in [2.75, 3.05) is 4.72 Å². The average molecular weight is 442 g/mol. The fourth-order valence-corrected chi connectivity index (χ4v) is 4.37. The number of anilines is 1. The molecule has 0 fully saturated rings. The molecule has 0 bridgehead atoms. The van der Waals surface area contributed by atoms with Crippen LogP contribution in [0.2, 0.25) is 10.0 Å². The van der Waals surface area contributed by atoms with E-state index < -0.39 is 16.1 Å². The van der Waals surface area contributed by atoms with Gasteiger partial charge in [0.15, 0.2) is 5.82 Å². The Labute approximate surface area is 169 Å². The van der Waals surface area contributed by atoms with Gasteiger partial charge in [0.05, 0.1) is 15.7 Å². The van der Waals surface area contributed by atoms with Gasteiger partial charge in [-0.2, -0.15) is 0 Å². The molecule has 2 aliphatic rings. The maximum atomic E-state index is 13.0. The summed E-state index contributed by atoms with van der Waals surface area (Å²) < 4.78 is 30.1. The number of oxime groups is 1. The first-order valence-electron chi connectivity index (χ1n) is 7.95. The number of halogens is 2. The van der Waals surface area contributed by atoms with Crippen LogP contribution in [0.5, 0.6) is 0 Å². The summed E-state index contributed by atoms with van der Waals surface area (Å²) in [5, 5.41) is 15.5. The lowest BCUT2D eigenvalue weighted by molar-refractivity contribution is 0.0672. The van der Waals surface area contributed by atoms with Crippen LogP contribution < -0.4 is 10.2 Å². The first-order chi connectivity index (χ1) is 13.3. The molecule has 2 N–H and O–H groups in total. The van der Waals surface area contributed by atoms with E-state index in [1.165, 1.54) is 16.8 Å². The minimum Gasteiger partial charge on any atom is -0.298 e. The number of hydrogen-bond donors (Lipinski definition) is 2. The second kappa shape index (κ2) is 7.17. The maximum absolute atomic E-state index is 13.0. The second-order valence-electron chi connectivity index (χ2n) is 6.00. The molecule has 2 aromatic rings. The number of sulfonamides is 1. The summed E-state index contributed by atoms with van der Waals surface area (Å²) in [5.41, 5.74) is 3.68. The molecule has 0 saturated heterocycles. The molecule has 10 nitrogen and oxygen atoms in total. The van der Waals surface area contributed by atoms with Crippen molar-refractivity contribution in [3.8, 4) is 0 Å². The molecule has 1 aromatic carbocycles. The van der Waals surface area contributed by atoms with Gasteiger partial charge in [0.2, 0.25) is 0 Å². The lowest BCUT2D eigenvalue weighted by Gasteiger charge is -2.17. The van der Waals surface area contributed by atoms with Gasteiger partial charge in [0, 0.05) is 13.5 Å². The third-order valence-corrected chi connectivity index (χ3v) is 6.29. The highest BCUT2D eigenvalue weighted by Crippen LogP contribution is 2.32. The van der Waals surface area contributed by atoms with Crippen molar-refractivity contribution in [1.82, 2.24) is 25.7 Å². The highest BCUT2D eigenvalue weighted by atomic mass is 35.5. The second-order valence-corrected chi connectivity index (χ2v) is 8.47.